The molecule has 0 saturated carbocycles. The molecule has 33 heavy (non-hydrogen) atoms. The molecule has 0 bridgehead atoms. The molecule has 1 aliphatic heterocycles. The van der Waals surface area contributed by atoms with Crippen LogP contribution in [0.4, 0.5) is 0 Å². The standard InChI is InChI=1S/C25H30ClN3O4/c1-4-28(5-2)14-7-15-29-22(17-10-12-27-13-11-17)21(24(31)25(29)32)23(30)18-8-9-20(33-6-3)19(26)16-18/h8-13,16,22,30H,4-7,14-15H2,1-3H3/t22-/m0/s1. The number of carbonyl (C=O) groups is 2. The molecular formula is C25H30ClN3O4. The van der Waals surface area contributed by atoms with Gasteiger partial charge in [0, 0.05) is 24.5 Å². The number of carbonyl (C=O) groups excluding carboxylic acids is 2. The Hall–Kier alpha value is -2.90. The van der Waals surface area contributed by atoms with E-state index in [1.807, 2.05) is 6.92 Å². The average Bonchev–Trinajstić information content (AvgIpc) is 3.08. The Morgan fingerprint density at radius 3 is 2.45 bits per heavy atom. The molecule has 1 saturated heterocycles. The average molecular weight is 472 g/mol. The van der Waals surface area contributed by atoms with Gasteiger partial charge in [0.15, 0.2) is 0 Å². The van der Waals surface area contributed by atoms with Crippen LogP contribution in [0, 0.1) is 0 Å². The summed E-state index contributed by atoms with van der Waals surface area (Å²) in [5.74, 6) is -1.10. The normalized spacial score (nSPS) is 17.7. The predicted octanol–water partition coefficient (Wildman–Crippen LogP) is 4.29. The van der Waals surface area contributed by atoms with E-state index >= 15 is 0 Å². The van der Waals surface area contributed by atoms with Gasteiger partial charge in [0.1, 0.15) is 11.5 Å². The lowest BCUT2D eigenvalue weighted by Crippen LogP contribution is -2.33. The Bertz CT molecular complexity index is 1020. The maximum atomic E-state index is 13.1. The maximum Gasteiger partial charge on any atom is 0.295 e. The highest BCUT2D eigenvalue weighted by molar-refractivity contribution is 6.46. The summed E-state index contributed by atoms with van der Waals surface area (Å²) in [5, 5.41) is 11.5. The number of aliphatic hydroxyl groups excluding tert-OH is 1. The number of Topliss-reactive ketones (excluding diaryl/α,β-unsaturated/α-hetero) is 1. The molecule has 1 fully saturated rings. The maximum absolute atomic E-state index is 13.1. The van der Waals surface area contributed by atoms with Crippen molar-refractivity contribution in [3.63, 3.8) is 0 Å². The van der Waals surface area contributed by atoms with E-state index in [-0.39, 0.29) is 11.3 Å². The van der Waals surface area contributed by atoms with Crippen molar-refractivity contribution < 1.29 is 19.4 Å². The number of halogens is 1. The Balaban J connectivity index is 2.01. The molecule has 1 aromatic carbocycles. The number of amides is 1. The van der Waals surface area contributed by atoms with Crippen molar-refractivity contribution in [2.75, 3.05) is 32.8 Å². The van der Waals surface area contributed by atoms with E-state index in [2.05, 4.69) is 23.7 Å². The lowest BCUT2D eigenvalue weighted by atomic mass is 9.96. The molecule has 1 amide bonds. The summed E-state index contributed by atoms with van der Waals surface area (Å²) in [7, 11) is 0. The van der Waals surface area contributed by atoms with Crippen molar-refractivity contribution in [1.82, 2.24) is 14.8 Å². The second-order valence-corrected chi connectivity index (χ2v) is 8.14. The third kappa shape index (κ3) is 5.37. The molecule has 2 aromatic rings. The summed E-state index contributed by atoms with van der Waals surface area (Å²) in [6.45, 7) is 9.53. The van der Waals surface area contributed by atoms with Crippen LogP contribution in [-0.4, -0.2) is 64.4 Å². The fourth-order valence-electron chi connectivity index (χ4n) is 4.08. The molecule has 0 radical (unpaired) electrons. The van der Waals surface area contributed by atoms with Crippen LogP contribution < -0.4 is 4.74 Å². The zero-order chi connectivity index (χ0) is 24.0. The van der Waals surface area contributed by atoms with Gasteiger partial charge in [-0.15, -0.1) is 0 Å². The largest absolute Gasteiger partial charge is 0.507 e. The second-order valence-electron chi connectivity index (χ2n) is 7.73. The number of hydrogen-bond donors (Lipinski definition) is 1. The van der Waals surface area contributed by atoms with Gasteiger partial charge < -0.3 is 19.6 Å². The molecule has 0 spiro atoms. The number of ether oxygens (including phenoxy) is 1. The summed E-state index contributed by atoms with van der Waals surface area (Å²) in [6, 6.07) is 7.62. The number of benzene rings is 1. The van der Waals surface area contributed by atoms with Crippen molar-refractivity contribution in [2.24, 2.45) is 0 Å². The molecule has 0 aliphatic carbocycles. The van der Waals surface area contributed by atoms with Gasteiger partial charge in [-0.3, -0.25) is 14.6 Å². The molecule has 1 atom stereocenters. The van der Waals surface area contributed by atoms with Crippen LogP contribution in [0.5, 0.6) is 5.75 Å². The van der Waals surface area contributed by atoms with E-state index < -0.39 is 17.7 Å². The van der Waals surface area contributed by atoms with Gasteiger partial charge in [-0.1, -0.05) is 25.4 Å². The topological polar surface area (TPSA) is 83.0 Å². The molecule has 2 heterocycles. The van der Waals surface area contributed by atoms with Gasteiger partial charge in [-0.25, -0.2) is 0 Å². The van der Waals surface area contributed by atoms with Crippen molar-refractivity contribution in [3.8, 4) is 5.75 Å². The van der Waals surface area contributed by atoms with Gasteiger partial charge in [0.25, 0.3) is 11.7 Å². The Morgan fingerprint density at radius 1 is 1.15 bits per heavy atom. The van der Waals surface area contributed by atoms with Crippen LogP contribution in [0.2, 0.25) is 5.02 Å². The number of likely N-dealkylation sites (tertiary alicyclic amines) is 1. The minimum atomic E-state index is -0.706. The zero-order valence-electron chi connectivity index (χ0n) is 19.3. The Kier molecular flexibility index (Phi) is 8.47. The van der Waals surface area contributed by atoms with Crippen LogP contribution in [0.1, 0.15) is 44.4 Å². The third-order valence-corrected chi connectivity index (χ3v) is 6.13. The van der Waals surface area contributed by atoms with E-state index in [0.717, 1.165) is 19.6 Å². The number of ketones is 1. The van der Waals surface area contributed by atoms with Gasteiger partial charge in [0.2, 0.25) is 0 Å². The molecule has 1 aromatic heterocycles. The highest BCUT2D eigenvalue weighted by Gasteiger charge is 2.45. The Labute approximate surface area is 199 Å². The van der Waals surface area contributed by atoms with E-state index in [1.165, 1.54) is 0 Å². The first kappa shape index (κ1) is 24.7. The lowest BCUT2D eigenvalue weighted by molar-refractivity contribution is -0.140. The SMILES string of the molecule is CCOc1ccc(C(O)=C2C(=O)C(=O)N(CCCN(CC)CC)[C@H]2c2ccncc2)cc1Cl. The van der Waals surface area contributed by atoms with E-state index in [1.54, 1.807) is 47.6 Å². The van der Waals surface area contributed by atoms with Crippen LogP contribution >= 0.6 is 11.6 Å². The summed E-state index contributed by atoms with van der Waals surface area (Å²) in [4.78, 5) is 34.0. The first-order valence-corrected chi connectivity index (χ1v) is 11.6. The first-order chi connectivity index (χ1) is 15.9. The molecule has 0 unspecified atom stereocenters. The number of pyridine rings is 1. The minimum absolute atomic E-state index is 0.0502. The predicted molar refractivity (Wildman–Crippen MR) is 128 cm³/mol. The summed E-state index contributed by atoms with van der Waals surface area (Å²) >= 11 is 6.30. The molecule has 1 N–H and O–H groups in total. The van der Waals surface area contributed by atoms with E-state index in [9.17, 15) is 14.7 Å². The second kappa shape index (κ2) is 11.3. The van der Waals surface area contributed by atoms with Crippen LogP contribution in [0.15, 0.2) is 48.3 Å². The highest BCUT2D eigenvalue weighted by Crippen LogP contribution is 2.40. The third-order valence-electron chi connectivity index (χ3n) is 5.83. The highest BCUT2D eigenvalue weighted by atomic mass is 35.5. The Morgan fingerprint density at radius 2 is 1.85 bits per heavy atom. The monoisotopic (exact) mass is 471 g/mol. The smallest absolute Gasteiger partial charge is 0.295 e. The van der Waals surface area contributed by atoms with Gasteiger partial charge >= 0.3 is 0 Å². The number of hydrogen-bond acceptors (Lipinski definition) is 6. The number of rotatable bonds is 10. The number of nitrogens with zero attached hydrogens (tertiary/aromatic N) is 3. The van der Waals surface area contributed by atoms with Crippen molar-refractivity contribution in [1.29, 1.82) is 0 Å². The molecule has 1 aliphatic rings. The quantitative estimate of drug-likeness (QED) is 0.316. The van der Waals surface area contributed by atoms with Crippen molar-refractivity contribution >= 4 is 29.1 Å². The van der Waals surface area contributed by atoms with Gasteiger partial charge in [-0.2, -0.15) is 0 Å². The summed E-state index contributed by atoms with van der Waals surface area (Å²) < 4.78 is 5.45. The van der Waals surface area contributed by atoms with Gasteiger partial charge in [0.05, 0.1) is 23.2 Å². The molecule has 7 nitrogen and oxygen atoms in total. The summed E-state index contributed by atoms with van der Waals surface area (Å²) in [6.07, 6.45) is 3.93. The molecule has 8 heteroatoms. The van der Waals surface area contributed by atoms with E-state index in [0.29, 0.717) is 41.5 Å². The fourth-order valence-corrected chi connectivity index (χ4v) is 4.32. The lowest BCUT2D eigenvalue weighted by Gasteiger charge is -2.26. The summed E-state index contributed by atoms with van der Waals surface area (Å²) in [5.41, 5.74) is 1.11. The molecular weight excluding hydrogens is 442 g/mol. The van der Waals surface area contributed by atoms with Crippen molar-refractivity contribution in [2.45, 2.75) is 33.2 Å². The van der Waals surface area contributed by atoms with Crippen molar-refractivity contribution in [3.05, 3.63) is 64.4 Å². The number of aliphatic hydroxyl groups is 1. The van der Waals surface area contributed by atoms with Gasteiger partial charge in [-0.05, 0) is 68.9 Å². The van der Waals surface area contributed by atoms with Crippen LogP contribution in [0.3, 0.4) is 0 Å². The first-order valence-electron chi connectivity index (χ1n) is 11.3. The van der Waals surface area contributed by atoms with E-state index in [4.69, 9.17) is 16.3 Å². The number of aromatic nitrogens is 1. The van der Waals surface area contributed by atoms with Crippen LogP contribution in [-0.2, 0) is 9.59 Å². The molecule has 176 valence electrons. The minimum Gasteiger partial charge on any atom is -0.507 e. The van der Waals surface area contributed by atoms with Crippen LogP contribution in [0.25, 0.3) is 5.76 Å². The molecule has 3 rings (SSSR count). The zero-order valence-corrected chi connectivity index (χ0v) is 20.0. The fraction of sp³-hybridized carbons (Fsp3) is 0.400.